The third kappa shape index (κ3) is 4.46. The van der Waals surface area contributed by atoms with E-state index in [1.54, 1.807) is 6.07 Å². The summed E-state index contributed by atoms with van der Waals surface area (Å²) in [5.41, 5.74) is 0.922. The van der Waals surface area contributed by atoms with Gasteiger partial charge in [0.1, 0.15) is 5.82 Å². The number of aromatic nitrogens is 1. The maximum Gasteiger partial charge on any atom is 0.141 e. The van der Waals surface area contributed by atoms with E-state index in [9.17, 15) is 4.39 Å². The maximum atomic E-state index is 12.9. The Morgan fingerprint density at radius 3 is 2.42 bits per heavy atom. The Balaban J connectivity index is 2.69. The molecule has 0 aliphatic rings. The highest BCUT2D eigenvalue weighted by atomic mass is 32.2. The number of thioether (sulfide) groups is 1. The number of hydrogen-bond acceptors (Lipinski definition) is 3. The van der Waals surface area contributed by atoms with Gasteiger partial charge in [0.2, 0.25) is 0 Å². The van der Waals surface area contributed by atoms with Gasteiger partial charge >= 0.3 is 0 Å². The molecular weight excluding hydrogens is 259 g/mol. The molecule has 0 fully saturated rings. The average molecular weight is 284 g/mol. The fraction of sp³-hybridized carbons (Fsp3) is 0.667. The lowest BCUT2D eigenvalue weighted by Gasteiger charge is -2.32. The Morgan fingerprint density at radius 2 is 2.00 bits per heavy atom. The normalized spacial score (nSPS) is 13.5. The van der Waals surface area contributed by atoms with Crippen LogP contribution in [0.25, 0.3) is 0 Å². The van der Waals surface area contributed by atoms with Crippen LogP contribution in [0.4, 0.5) is 4.39 Å². The van der Waals surface area contributed by atoms with Crippen molar-refractivity contribution in [3.8, 4) is 0 Å². The van der Waals surface area contributed by atoms with Gasteiger partial charge in [0.15, 0.2) is 0 Å². The smallest absolute Gasteiger partial charge is 0.141 e. The van der Waals surface area contributed by atoms with Crippen molar-refractivity contribution in [2.45, 2.75) is 50.8 Å². The van der Waals surface area contributed by atoms with Gasteiger partial charge in [0.25, 0.3) is 0 Å². The van der Waals surface area contributed by atoms with Crippen LogP contribution >= 0.6 is 11.8 Å². The second kappa shape index (κ2) is 7.85. The molecule has 4 heteroatoms. The van der Waals surface area contributed by atoms with E-state index >= 15 is 0 Å². The molecule has 0 aliphatic carbocycles. The molecule has 0 radical (unpaired) electrons. The first kappa shape index (κ1) is 16.4. The van der Waals surface area contributed by atoms with E-state index in [1.165, 1.54) is 12.3 Å². The largest absolute Gasteiger partial charge is 0.307 e. The Hall–Kier alpha value is -0.610. The number of nitrogens with zero attached hydrogens (tertiary/aromatic N) is 1. The summed E-state index contributed by atoms with van der Waals surface area (Å²) < 4.78 is 13.2. The molecule has 0 saturated heterocycles. The van der Waals surface area contributed by atoms with E-state index in [-0.39, 0.29) is 16.6 Å². The number of rotatable bonds is 8. The first-order valence-corrected chi connectivity index (χ1v) is 8.23. The maximum absolute atomic E-state index is 12.9. The van der Waals surface area contributed by atoms with E-state index in [0.29, 0.717) is 0 Å². The predicted octanol–water partition coefficient (Wildman–Crippen LogP) is 4.18. The number of halogens is 1. The molecule has 19 heavy (non-hydrogen) atoms. The summed E-state index contributed by atoms with van der Waals surface area (Å²) in [4.78, 5) is 4.18. The number of nitrogens with one attached hydrogen (secondary N) is 1. The lowest BCUT2D eigenvalue weighted by Crippen LogP contribution is -2.38. The van der Waals surface area contributed by atoms with Crippen molar-refractivity contribution in [2.24, 2.45) is 0 Å². The molecular formula is C15H25FN2S. The Morgan fingerprint density at radius 1 is 1.32 bits per heavy atom. The zero-order chi connectivity index (χ0) is 14.3. The molecule has 0 amide bonds. The second-order valence-corrected chi connectivity index (χ2v) is 6.11. The summed E-state index contributed by atoms with van der Waals surface area (Å²) in [7, 11) is 0. The summed E-state index contributed by atoms with van der Waals surface area (Å²) in [5, 5.41) is 3.59. The van der Waals surface area contributed by atoms with Crippen molar-refractivity contribution in [1.82, 2.24) is 10.3 Å². The minimum atomic E-state index is -0.279. The van der Waals surface area contributed by atoms with Gasteiger partial charge in [-0.3, -0.25) is 4.98 Å². The fourth-order valence-corrected chi connectivity index (χ4v) is 3.03. The lowest BCUT2D eigenvalue weighted by molar-refractivity contribution is 0.432. The Kier molecular flexibility index (Phi) is 6.80. The number of hydrogen-bond donors (Lipinski definition) is 1. The van der Waals surface area contributed by atoms with Gasteiger partial charge in [-0.1, -0.05) is 20.8 Å². The van der Waals surface area contributed by atoms with E-state index < -0.39 is 0 Å². The molecule has 0 saturated carbocycles. The Bertz CT molecular complexity index is 355. The zero-order valence-corrected chi connectivity index (χ0v) is 13.2. The van der Waals surface area contributed by atoms with Crippen LogP contribution in [0, 0.1) is 5.82 Å². The molecule has 0 aromatic carbocycles. The monoisotopic (exact) mass is 284 g/mol. The highest BCUT2D eigenvalue weighted by Crippen LogP contribution is 2.30. The van der Waals surface area contributed by atoms with E-state index in [4.69, 9.17) is 0 Å². The van der Waals surface area contributed by atoms with Crippen molar-refractivity contribution in [1.29, 1.82) is 0 Å². The molecule has 2 nitrogen and oxygen atoms in total. The van der Waals surface area contributed by atoms with Gasteiger partial charge < -0.3 is 5.32 Å². The van der Waals surface area contributed by atoms with Crippen LogP contribution in [0.3, 0.4) is 0 Å². The molecule has 1 unspecified atom stereocenters. The van der Waals surface area contributed by atoms with Crippen molar-refractivity contribution >= 4 is 11.8 Å². The van der Waals surface area contributed by atoms with Crippen molar-refractivity contribution in [3.63, 3.8) is 0 Å². The lowest BCUT2D eigenvalue weighted by atomic mass is 10.0. The van der Waals surface area contributed by atoms with Crippen LogP contribution < -0.4 is 5.32 Å². The molecule has 1 aromatic heterocycles. The van der Waals surface area contributed by atoms with Crippen molar-refractivity contribution in [3.05, 3.63) is 29.8 Å². The SMILES string of the molecule is CCC(NCC(CC)(CC)SC)c1ccc(F)cn1. The third-order valence-corrected chi connectivity index (χ3v) is 5.50. The van der Waals surface area contributed by atoms with Gasteiger partial charge in [0.05, 0.1) is 11.9 Å². The van der Waals surface area contributed by atoms with Gasteiger partial charge in [-0.15, -0.1) is 0 Å². The highest BCUT2D eigenvalue weighted by molar-refractivity contribution is 8.00. The second-order valence-electron chi connectivity index (χ2n) is 4.84. The molecule has 1 rings (SSSR count). The highest BCUT2D eigenvalue weighted by Gasteiger charge is 2.25. The minimum absolute atomic E-state index is 0.199. The average Bonchev–Trinajstić information content (AvgIpc) is 2.46. The van der Waals surface area contributed by atoms with Crippen molar-refractivity contribution < 1.29 is 4.39 Å². The molecule has 1 atom stereocenters. The van der Waals surface area contributed by atoms with E-state index in [2.05, 4.69) is 37.3 Å². The fourth-order valence-electron chi connectivity index (χ4n) is 2.22. The number of pyridine rings is 1. The standard InChI is InChI=1S/C15H25FN2S/c1-5-13(14-9-8-12(16)10-17-14)18-11-15(6-2,7-3)19-4/h8-10,13,18H,5-7,11H2,1-4H3. The van der Waals surface area contributed by atoms with Crippen LogP contribution in [0.5, 0.6) is 0 Å². The molecule has 1 N–H and O–H groups in total. The van der Waals surface area contributed by atoms with E-state index in [1.807, 2.05) is 11.8 Å². The van der Waals surface area contributed by atoms with Gasteiger partial charge in [-0.25, -0.2) is 4.39 Å². The summed E-state index contributed by atoms with van der Waals surface area (Å²) >= 11 is 1.92. The molecule has 1 heterocycles. The van der Waals surface area contributed by atoms with Gasteiger partial charge in [-0.2, -0.15) is 11.8 Å². The summed E-state index contributed by atoms with van der Waals surface area (Å²) in [6.07, 6.45) is 6.71. The molecule has 0 aliphatic heterocycles. The van der Waals surface area contributed by atoms with Gasteiger partial charge in [-0.05, 0) is 37.7 Å². The predicted molar refractivity (Wildman–Crippen MR) is 82.1 cm³/mol. The third-order valence-electron chi connectivity index (χ3n) is 3.91. The molecule has 108 valence electrons. The van der Waals surface area contributed by atoms with Gasteiger partial charge in [0, 0.05) is 17.3 Å². The van der Waals surface area contributed by atoms with Crippen LogP contribution in [0.15, 0.2) is 18.3 Å². The topological polar surface area (TPSA) is 24.9 Å². The van der Waals surface area contributed by atoms with Crippen LogP contribution in [0.2, 0.25) is 0 Å². The van der Waals surface area contributed by atoms with Crippen LogP contribution in [0.1, 0.15) is 51.8 Å². The Labute approximate surface area is 120 Å². The first-order chi connectivity index (χ1) is 9.10. The molecule has 0 spiro atoms. The quantitative estimate of drug-likeness (QED) is 0.775. The summed E-state index contributed by atoms with van der Waals surface area (Å²) in [6.45, 7) is 7.55. The summed E-state index contributed by atoms with van der Waals surface area (Å²) in [5.74, 6) is -0.279. The zero-order valence-electron chi connectivity index (χ0n) is 12.4. The minimum Gasteiger partial charge on any atom is -0.307 e. The summed E-state index contributed by atoms with van der Waals surface area (Å²) in [6, 6.07) is 3.45. The molecule has 1 aromatic rings. The van der Waals surface area contributed by atoms with Crippen molar-refractivity contribution in [2.75, 3.05) is 12.8 Å². The van der Waals surface area contributed by atoms with Crippen LogP contribution in [-0.2, 0) is 0 Å². The van der Waals surface area contributed by atoms with Crippen LogP contribution in [-0.4, -0.2) is 22.5 Å². The first-order valence-electron chi connectivity index (χ1n) is 7.00. The van der Waals surface area contributed by atoms with E-state index in [0.717, 1.165) is 31.5 Å². The molecule has 0 bridgehead atoms.